The first-order chi connectivity index (χ1) is 20.0. The number of carbonyl (C=O) groups excluding carboxylic acids is 2. The van der Waals surface area contributed by atoms with E-state index in [4.69, 9.17) is 11.1 Å². The molecule has 1 saturated heterocycles. The Labute approximate surface area is 243 Å². The summed E-state index contributed by atoms with van der Waals surface area (Å²) in [5, 5.41) is 16.9. The van der Waals surface area contributed by atoms with Crippen LogP contribution in [0.5, 0.6) is 0 Å². The van der Waals surface area contributed by atoms with Crippen molar-refractivity contribution in [3.05, 3.63) is 108 Å². The van der Waals surface area contributed by atoms with Crippen molar-refractivity contribution in [2.75, 3.05) is 26.2 Å². The molecule has 216 valence electrons. The Hall–Kier alpha value is -4.17. The normalized spacial score (nSPS) is 17.2. The summed E-state index contributed by atoms with van der Waals surface area (Å²) < 4.78 is 0. The van der Waals surface area contributed by atoms with Crippen LogP contribution in [0.1, 0.15) is 48.3 Å². The van der Waals surface area contributed by atoms with E-state index >= 15 is 0 Å². The average molecular weight is 555 g/mol. The summed E-state index contributed by atoms with van der Waals surface area (Å²) in [6.07, 6.45) is 3.16. The summed E-state index contributed by atoms with van der Waals surface area (Å²) >= 11 is 0. The number of carbonyl (C=O) groups is 2. The number of benzene rings is 3. The fraction of sp³-hybridized carbons (Fsp3) is 0.364. The van der Waals surface area contributed by atoms with Crippen molar-refractivity contribution in [3.8, 4) is 0 Å². The molecule has 6 N–H and O–H groups in total. The smallest absolute Gasteiger partial charge is 0.239 e. The van der Waals surface area contributed by atoms with E-state index in [2.05, 4.69) is 40.2 Å². The fourth-order valence-corrected chi connectivity index (χ4v) is 5.38. The summed E-state index contributed by atoms with van der Waals surface area (Å²) in [6.45, 7) is 2.18. The second-order valence-corrected chi connectivity index (χ2v) is 10.6. The topological polar surface area (TPSA) is 123 Å². The van der Waals surface area contributed by atoms with E-state index in [1.165, 1.54) is 11.1 Å². The maximum Gasteiger partial charge on any atom is 0.239 e. The van der Waals surface area contributed by atoms with E-state index in [-0.39, 0.29) is 35.8 Å². The van der Waals surface area contributed by atoms with Gasteiger partial charge in [-0.2, -0.15) is 0 Å². The van der Waals surface area contributed by atoms with Crippen LogP contribution in [0, 0.1) is 5.41 Å². The maximum atomic E-state index is 13.9. The molecular formula is C33H42N6O2. The van der Waals surface area contributed by atoms with Gasteiger partial charge in [0.05, 0.1) is 6.04 Å². The molecule has 8 heteroatoms. The van der Waals surface area contributed by atoms with E-state index in [0.717, 1.165) is 12.0 Å². The van der Waals surface area contributed by atoms with E-state index in [9.17, 15) is 9.59 Å². The van der Waals surface area contributed by atoms with Crippen LogP contribution in [0.25, 0.3) is 0 Å². The highest BCUT2D eigenvalue weighted by Gasteiger charge is 2.32. The highest BCUT2D eigenvalue weighted by molar-refractivity contribution is 5.82. The number of rotatable bonds is 13. The Morgan fingerprint density at radius 2 is 1.56 bits per heavy atom. The number of amides is 2. The molecule has 0 unspecified atom stereocenters. The summed E-state index contributed by atoms with van der Waals surface area (Å²) in [4.78, 5) is 28.5. The summed E-state index contributed by atoms with van der Waals surface area (Å²) in [5.74, 6) is 0.0631. The molecule has 1 fully saturated rings. The highest BCUT2D eigenvalue weighted by atomic mass is 16.2. The van der Waals surface area contributed by atoms with Crippen molar-refractivity contribution < 1.29 is 9.59 Å². The van der Waals surface area contributed by atoms with Crippen molar-refractivity contribution in [3.63, 3.8) is 0 Å². The molecule has 8 nitrogen and oxygen atoms in total. The predicted octanol–water partition coefficient (Wildman–Crippen LogP) is 3.39. The molecule has 0 saturated carbocycles. The zero-order chi connectivity index (χ0) is 28.9. The van der Waals surface area contributed by atoms with E-state index < -0.39 is 0 Å². The van der Waals surface area contributed by atoms with Gasteiger partial charge in [0.25, 0.3) is 0 Å². The van der Waals surface area contributed by atoms with Crippen LogP contribution in [0.4, 0.5) is 0 Å². The molecule has 2 atom stereocenters. The van der Waals surface area contributed by atoms with E-state index in [1.807, 2.05) is 71.6 Å². The van der Waals surface area contributed by atoms with Crippen LogP contribution >= 0.6 is 0 Å². The van der Waals surface area contributed by atoms with Gasteiger partial charge < -0.3 is 26.6 Å². The van der Waals surface area contributed by atoms with Crippen molar-refractivity contribution >= 4 is 17.8 Å². The molecule has 1 aliphatic heterocycles. The van der Waals surface area contributed by atoms with Crippen LogP contribution < -0.4 is 21.7 Å². The molecule has 0 radical (unpaired) electrons. The first-order valence-electron chi connectivity index (χ1n) is 14.5. The number of nitrogens with two attached hydrogens (primary N) is 1. The van der Waals surface area contributed by atoms with Crippen molar-refractivity contribution in [1.29, 1.82) is 5.41 Å². The second kappa shape index (κ2) is 15.6. The Morgan fingerprint density at radius 3 is 2.17 bits per heavy atom. The van der Waals surface area contributed by atoms with Gasteiger partial charge in [-0.15, -0.1) is 0 Å². The quantitative estimate of drug-likeness (QED) is 0.126. The number of aryl methyl sites for hydroxylation is 1. The van der Waals surface area contributed by atoms with Gasteiger partial charge in [0.2, 0.25) is 11.8 Å². The number of guanidine groups is 1. The van der Waals surface area contributed by atoms with Gasteiger partial charge in [0, 0.05) is 44.6 Å². The summed E-state index contributed by atoms with van der Waals surface area (Å²) in [6, 6.07) is 30.3. The molecule has 0 aromatic heterocycles. The molecule has 4 rings (SSSR count). The van der Waals surface area contributed by atoms with Crippen LogP contribution in [0.3, 0.4) is 0 Å². The minimum atomic E-state index is -0.385. The molecule has 0 aliphatic carbocycles. The van der Waals surface area contributed by atoms with Gasteiger partial charge in [-0.1, -0.05) is 91.0 Å². The van der Waals surface area contributed by atoms with Crippen LogP contribution in [0.2, 0.25) is 0 Å². The SMILES string of the molecule is N=C(N)NCCC[C@@H]1N[C@H](CNC(=O)CCc2ccccc2)CCN(CC(c2ccccc2)c2ccccc2)C1=O. The molecule has 41 heavy (non-hydrogen) atoms. The Balaban J connectivity index is 1.43. The maximum absolute atomic E-state index is 13.9. The fourth-order valence-electron chi connectivity index (χ4n) is 5.38. The van der Waals surface area contributed by atoms with Crippen LogP contribution in [-0.4, -0.2) is 60.9 Å². The Kier molecular flexibility index (Phi) is 11.3. The lowest BCUT2D eigenvalue weighted by molar-refractivity contribution is -0.133. The molecule has 3 aromatic rings. The minimum Gasteiger partial charge on any atom is -0.370 e. The lowest BCUT2D eigenvalue weighted by atomic mass is 9.90. The molecule has 0 bridgehead atoms. The monoisotopic (exact) mass is 554 g/mol. The van der Waals surface area contributed by atoms with Crippen molar-refractivity contribution in [1.82, 2.24) is 20.9 Å². The lowest BCUT2D eigenvalue weighted by Gasteiger charge is -2.29. The first-order valence-corrected chi connectivity index (χ1v) is 14.5. The molecule has 3 aromatic carbocycles. The number of hydrogen-bond donors (Lipinski definition) is 5. The van der Waals surface area contributed by atoms with Gasteiger partial charge in [-0.3, -0.25) is 15.0 Å². The first kappa shape index (κ1) is 29.8. The zero-order valence-electron chi connectivity index (χ0n) is 23.6. The van der Waals surface area contributed by atoms with E-state index in [0.29, 0.717) is 51.9 Å². The largest absolute Gasteiger partial charge is 0.370 e. The zero-order valence-corrected chi connectivity index (χ0v) is 23.6. The Morgan fingerprint density at radius 1 is 0.951 bits per heavy atom. The van der Waals surface area contributed by atoms with Crippen LogP contribution in [0.15, 0.2) is 91.0 Å². The second-order valence-electron chi connectivity index (χ2n) is 10.6. The standard InChI is InChI=1S/C33H42N6O2/c34-33(35)36-21-10-17-30-32(41)39(24-29(26-13-6-2-7-14-26)27-15-8-3-9-16-27)22-20-28(38-30)23-37-31(40)19-18-25-11-4-1-5-12-25/h1-9,11-16,28-30,38H,10,17-24H2,(H,37,40)(H4,34,35,36)/t28-,30-/m0/s1. The van der Waals surface area contributed by atoms with Crippen molar-refractivity contribution in [2.24, 2.45) is 5.73 Å². The predicted molar refractivity (Wildman–Crippen MR) is 164 cm³/mol. The third kappa shape index (κ3) is 9.46. The number of nitrogens with one attached hydrogen (secondary N) is 4. The molecule has 1 aliphatic rings. The summed E-state index contributed by atoms with van der Waals surface area (Å²) in [5.41, 5.74) is 8.93. The van der Waals surface area contributed by atoms with Crippen LogP contribution in [-0.2, 0) is 16.0 Å². The molecule has 0 spiro atoms. The lowest BCUT2D eigenvalue weighted by Crippen LogP contribution is -2.49. The summed E-state index contributed by atoms with van der Waals surface area (Å²) in [7, 11) is 0. The van der Waals surface area contributed by atoms with E-state index in [1.54, 1.807) is 0 Å². The average Bonchev–Trinajstić information content (AvgIpc) is 3.15. The third-order valence-electron chi connectivity index (χ3n) is 7.62. The minimum absolute atomic E-state index is 0.0125. The molecule has 1 heterocycles. The number of nitrogens with zero attached hydrogens (tertiary/aromatic N) is 1. The molecule has 2 amide bonds. The van der Waals surface area contributed by atoms with Crippen molar-refractivity contribution in [2.45, 2.75) is 50.1 Å². The Bertz CT molecular complexity index is 1200. The van der Waals surface area contributed by atoms with Gasteiger partial charge in [0.15, 0.2) is 5.96 Å². The number of hydrogen-bond acceptors (Lipinski definition) is 4. The highest BCUT2D eigenvalue weighted by Crippen LogP contribution is 2.27. The molecular weight excluding hydrogens is 512 g/mol. The van der Waals surface area contributed by atoms with Gasteiger partial charge >= 0.3 is 0 Å². The van der Waals surface area contributed by atoms with Gasteiger partial charge in [0.1, 0.15) is 0 Å². The van der Waals surface area contributed by atoms with Gasteiger partial charge in [-0.05, 0) is 42.4 Å². The van der Waals surface area contributed by atoms with Gasteiger partial charge in [-0.25, -0.2) is 0 Å². The third-order valence-corrected chi connectivity index (χ3v) is 7.62.